The minimum Gasteiger partial charge on any atom is -0.478 e. The number of hydrogen-bond donors (Lipinski definition) is 1. The predicted octanol–water partition coefficient (Wildman–Crippen LogP) is 3.74. The van der Waals surface area contributed by atoms with E-state index in [9.17, 15) is 9.90 Å². The molecule has 3 nitrogen and oxygen atoms in total. The Balaban J connectivity index is 2.54. The maximum absolute atomic E-state index is 11.5. The number of aryl methyl sites for hydroxylation is 2. The molecule has 0 unspecified atom stereocenters. The number of pyridine rings is 1. The summed E-state index contributed by atoms with van der Waals surface area (Å²) in [5.41, 5.74) is 3.14. The Bertz CT molecular complexity index is 486. The number of aromatic carboxylic acids is 1. The number of carbonyl (C=O) groups is 1. The highest BCUT2D eigenvalue weighted by Crippen LogP contribution is 2.28. The van der Waals surface area contributed by atoms with Gasteiger partial charge in [0.2, 0.25) is 0 Å². The first-order valence-electron chi connectivity index (χ1n) is 7.16. The molecule has 1 aliphatic carbocycles. The van der Waals surface area contributed by atoms with E-state index in [1.165, 1.54) is 12.8 Å². The number of aromatic nitrogens is 1. The first-order chi connectivity index (χ1) is 8.89. The zero-order valence-corrected chi connectivity index (χ0v) is 12.1. The van der Waals surface area contributed by atoms with Gasteiger partial charge in [0, 0.05) is 11.1 Å². The molecule has 2 rings (SSSR count). The van der Waals surface area contributed by atoms with Crippen molar-refractivity contribution < 1.29 is 9.90 Å². The van der Waals surface area contributed by atoms with Gasteiger partial charge >= 0.3 is 5.97 Å². The maximum Gasteiger partial charge on any atom is 0.337 e. The predicted molar refractivity (Wildman–Crippen MR) is 75.8 cm³/mol. The van der Waals surface area contributed by atoms with E-state index in [2.05, 4.69) is 0 Å². The fourth-order valence-electron chi connectivity index (χ4n) is 2.72. The molecule has 19 heavy (non-hydrogen) atoms. The Labute approximate surface area is 115 Å². The van der Waals surface area contributed by atoms with Crippen LogP contribution in [0.3, 0.4) is 0 Å². The summed E-state index contributed by atoms with van der Waals surface area (Å²) in [6.45, 7) is 6.07. The number of nitrogens with zero attached hydrogens (tertiary/aromatic N) is 1. The lowest BCUT2D eigenvalue weighted by atomic mass is 9.86. The number of carboxylic acids is 1. The van der Waals surface area contributed by atoms with Crippen LogP contribution in [-0.4, -0.2) is 16.1 Å². The van der Waals surface area contributed by atoms with E-state index in [4.69, 9.17) is 4.98 Å². The van der Waals surface area contributed by atoms with E-state index in [1.54, 1.807) is 0 Å². The molecule has 1 heterocycles. The van der Waals surface area contributed by atoms with Crippen molar-refractivity contribution in [2.45, 2.75) is 64.7 Å². The number of carboxylic acid groups (broad SMARTS) is 1. The van der Waals surface area contributed by atoms with Crippen molar-refractivity contribution in [2.24, 2.45) is 0 Å². The molecule has 0 bridgehead atoms. The van der Waals surface area contributed by atoms with Crippen LogP contribution in [-0.2, 0) is 18.3 Å². The van der Waals surface area contributed by atoms with Gasteiger partial charge in [-0.25, -0.2) is 4.79 Å². The third-order valence-electron chi connectivity index (χ3n) is 3.74. The molecule has 0 spiro atoms. The zero-order valence-electron chi connectivity index (χ0n) is 12.1. The minimum absolute atomic E-state index is 0.231. The van der Waals surface area contributed by atoms with Gasteiger partial charge in [0.1, 0.15) is 0 Å². The molecule has 0 atom stereocenters. The second-order valence-electron chi connectivity index (χ2n) is 6.46. The minimum atomic E-state index is -0.859. The molecule has 0 fully saturated rings. The molecule has 1 aromatic heterocycles. The number of hydrogen-bond acceptors (Lipinski definition) is 2. The van der Waals surface area contributed by atoms with Crippen molar-refractivity contribution in [3.63, 3.8) is 0 Å². The standard InChI is InChI=1S/C16H23NO2/c1-16(2,3)14-12(15(18)19)10-11-8-6-4-5-7-9-13(11)17-14/h10H,4-9H2,1-3H3,(H,18,19). The summed E-state index contributed by atoms with van der Waals surface area (Å²) in [6, 6.07) is 1.87. The highest BCUT2D eigenvalue weighted by atomic mass is 16.4. The molecule has 0 aliphatic heterocycles. The van der Waals surface area contributed by atoms with Gasteiger partial charge < -0.3 is 5.11 Å². The summed E-state index contributed by atoms with van der Waals surface area (Å²) in [5, 5.41) is 9.42. The quantitative estimate of drug-likeness (QED) is 0.838. The Morgan fingerprint density at radius 3 is 2.37 bits per heavy atom. The SMILES string of the molecule is CC(C)(C)c1nc2c(cc1C(=O)O)CCCCCC2. The summed E-state index contributed by atoms with van der Waals surface area (Å²) in [5.74, 6) is -0.859. The number of rotatable bonds is 1. The van der Waals surface area contributed by atoms with Gasteiger partial charge in [-0.3, -0.25) is 4.98 Å². The lowest BCUT2D eigenvalue weighted by molar-refractivity contribution is 0.0693. The van der Waals surface area contributed by atoms with Crippen molar-refractivity contribution in [3.8, 4) is 0 Å². The van der Waals surface area contributed by atoms with E-state index in [-0.39, 0.29) is 5.41 Å². The van der Waals surface area contributed by atoms with Crippen LogP contribution in [0, 0.1) is 0 Å². The average molecular weight is 261 g/mol. The van der Waals surface area contributed by atoms with Crippen LogP contribution in [0.2, 0.25) is 0 Å². The highest BCUT2D eigenvalue weighted by molar-refractivity contribution is 5.89. The topological polar surface area (TPSA) is 50.2 Å². The smallest absolute Gasteiger partial charge is 0.337 e. The molecular weight excluding hydrogens is 238 g/mol. The van der Waals surface area contributed by atoms with Gasteiger partial charge in [-0.15, -0.1) is 0 Å². The fraction of sp³-hybridized carbons (Fsp3) is 0.625. The van der Waals surface area contributed by atoms with Crippen molar-refractivity contribution in [1.82, 2.24) is 4.98 Å². The molecule has 104 valence electrons. The van der Waals surface area contributed by atoms with Gasteiger partial charge in [-0.1, -0.05) is 33.6 Å². The van der Waals surface area contributed by atoms with Gasteiger partial charge in [-0.2, -0.15) is 0 Å². The van der Waals surface area contributed by atoms with Crippen LogP contribution < -0.4 is 0 Å². The Kier molecular flexibility index (Phi) is 3.93. The Morgan fingerprint density at radius 1 is 1.16 bits per heavy atom. The van der Waals surface area contributed by atoms with Gasteiger partial charge in [0.15, 0.2) is 0 Å². The van der Waals surface area contributed by atoms with E-state index in [1.807, 2.05) is 26.8 Å². The van der Waals surface area contributed by atoms with Crippen LogP contribution in [0.4, 0.5) is 0 Å². The third kappa shape index (κ3) is 3.14. The molecule has 0 saturated carbocycles. The van der Waals surface area contributed by atoms with Crippen LogP contribution >= 0.6 is 0 Å². The lowest BCUT2D eigenvalue weighted by Crippen LogP contribution is -2.21. The van der Waals surface area contributed by atoms with E-state index >= 15 is 0 Å². The Morgan fingerprint density at radius 2 is 1.79 bits per heavy atom. The molecule has 1 aromatic rings. The van der Waals surface area contributed by atoms with Gasteiger partial charge in [0.25, 0.3) is 0 Å². The number of fused-ring (bicyclic) bond motifs is 1. The van der Waals surface area contributed by atoms with Crippen molar-refractivity contribution >= 4 is 5.97 Å². The Hall–Kier alpha value is -1.38. The van der Waals surface area contributed by atoms with Crippen LogP contribution in [0.5, 0.6) is 0 Å². The summed E-state index contributed by atoms with van der Waals surface area (Å²) < 4.78 is 0. The summed E-state index contributed by atoms with van der Waals surface area (Å²) >= 11 is 0. The van der Waals surface area contributed by atoms with Gasteiger partial charge in [-0.05, 0) is 37.3 Å². The summed E-state index contributed by atoms with van der Waals surface area (Å²) in [6.07, 6.45) is 6.75. The monoisotopic (exact) mass is 261 g/mol. The molecule has 0 radical (unpaired) electrons. The lowest BCUT2D eigenvalue weighted by Gasteiger charge is -2.23. The third-order valence-corrected chi connectivity index (χ3v) is 3.74. The van der Waals surface area contributed by atoms with E-state index in [0.29, 0.717) is 5.56 Å². The highest BCUT2D eigenvalue weighted by Gasteiger charge is 2.25. The second kappa shape index (κ2) is 5.32. The summed E-state index contributed by atoms with van der Waals surface area (Å²) in [7, 11) is 0. The second-order valence-corrected chi connectivity index (χ2v) is 6.46. The fourth-order valence-corrected chi connectivity index (χ4v) is 2.72. The molecule has 1 N–H and O–H groups in total. The van der Waals surface area contributed by atoms with Crippen molar-refractivity contribution in [2.75, 3.05) is 0 Å². The molecule has 0 saturated heterocycles. The first-order valence-corrected chi connectivity index (χ1v) is 7.16. The molecular formula is C16H23NO2. The van der Waals surface area contributed by atoms with Crippen molar-refractivity contribution in [3.05, 3.63) is 28.6 Å². The first kappa shape index (κ1) is 14.0. The van der Waals surface area contributed by atoms with Crippen molar-refractivity contribution in [1.29, 1.82) is 0 Å². The van der Waals surface area contributed by atoms with Crippen LogP contribution in [0.25, 0.3) is 0 Å². The van der Waals surface area contributed by atoms with E-state index < -0.39 is 5.97 Å². The molecule has 0 amide bonds. The molecule has 1 aliphatic rings. The van der Waals surface area contributed by atoms with Gasteiger partial charge in [0.05, 0.1) is 11.3 Å². The maximum atomic E-state index is 11.5. The molecule has 3 heteroatoms. The summed E-state index contributed by atoms with van der Waals surface area (Å²) in [4.78, 5) is 16.2. The van der Waals surface area contributed by atoms with E-state index in [0.717, 1.165) is 42.6 Å². The average Bonchev–Trinajstić information content (AvgIpc) is 2.27. The molecule has 0 aromatic carbocycles. The largest absolute Gasteiger partial charge is 0.478 e. The van der Waals surface area contributed by atoms with Crippen LogP contribution in [0.1, 0.15) is 73.8 Å². The van der Waals surface area contributed by atoms with Crippen LogP contribution in [0.15, 0.2) is 6.07 Å². The zero-order chi connectivity index (χ0) is 14.0. The normalized spacial score (nSPS) is 16.4.